The van der Waals surface area contributed by atoms with Gasteiger partial charge < -0.3 is 0 Å². The summed E-state index contributed by atoms with van der Waals surface area (Å²) in [5, 5.41) is 0.480. The molecule has 0 aromatic heterocycles. The average molecular weight is 352 g/mol. The molecule has 0 unspecified atom stereocenters. The number of hydrogen-bond acceptors (Lipinski definition) is 1. The van der Waals surface area contributed by atoms with Gasteiger partial charge in [0.05, 0.1) is 5.02 Å². The molecule has 0 aliphatic rings. The van der Waals surface area contributed by atoms with Gasteiger partial charge in [-0.15, -0.1) is 0 Å². The van der Waals surface area contributed by atoms with E-state index in [2.05, 4.69) is 22.9 Å². The first kappa shape index (κ1) is 15.3. The molecule has 0 heterocycles. The van der Waals surface area contributed by atoms with Gasteiger partial charge in [0.1, 0.15) is 0 Å². The molecular weight excluding hydrogens is 336 g/mol. The number of ketones is 1. The van der Waals surface area contributed by atoms with Gasteiger partial charge in [0.25, 0.3) is 0 Å². The Morgan fingerprint density at radius 1 is 1.15 bits per heavy atom. The van der Waals surface area contributed by atoms with Crippen molar-refractivity contribution < 1.29 is 4.79 Å². The van der Waals surface area contributed by atoms with E-state index in [1.165, 1.54) is 18.4 Å². The Hall–Kier alpha value is -1.12. The lowest BCUT2D eigenvalue weighted by atomic mass is 10.0. The van der Waals surface area contributed by atoms with Crippen molar-refractivity contribution in [3.8, 4) is 0 Å². The number of hydrogen-bond donors (Lipinski definition) is 0. The van der Waals surface area contributed by atoms with Crippen LogP contribution in [-0.2, 0) is 6.42 Å². The zero-order valence-corrected chi connectivity index (χ0v) is 13.7. The summed E-state index contributed by atoms with van der Waals surface area (Å²) >= 11 is 9.47. The molecule has 2 aromatic rings. The Bertz CT molecular complexity index is 605. The maximum atomic E-state index is 12.4. The highest BCUT2D eigenvalue weighted by Crippen LogP contribution is 2.24. The molecule has 2 aromatic carbocycles. The fourth-order valence-corrected chi connectivity index (χ4v) is 2.60. The van der Waals surface area contributed by atoms with Crippen LogP contribution in [0.1, 0.15) is 41.3 Å². The predicted molar refractivity (Wildman–Crippen MR) is 87.6 cm³/mol. The highest BCUT2D eigenvalue weighted by molar-refractivity contribution is 9.10. The van der Waals surface area contributed by atoms with Gasteiger partial charge in [0.2, 0.25) is 0 Å². The van der Waals surface area contributed by atoms with Crippen LogP contribution in [-0.4, -0.2) is 5.78 Å². The standard InChI is InChI=1S/C17H16BrClO/c1-2-3-4-12-5-7-13(8-6-12)17(20)15-11-14(18)9-10-16(15)19/h5-11H,2-4H2,1H3. The third kappa shape index (κ3) is 3.71. The maximum Gasteiger partial charge on any atom is 0.194 e. The quantitative estimate of drug-likeness (QED) is 0.634. The third-order valence-electron chi connectivity index (χ3n) is 3.21. The first-order chi connectivity index (χ1) is 9.61. The number of rotatable bonds is 5. The predicted octanol–water partition coefficient (Wildman–Crippen LogP) is 5.68. The minimum Gasteiger partial charge on any atom is -0.289 e. The topological polar surface area (TPSA) is 17.1 Å². The van der Waals surface area contributed by atoms with Gasteiger partial charge in [0, 0.05) is 15.6 Å². The molecule has 0 saturated carbocycles. The van der Waals surface area contributed by atoms with Crippen LogP contribution in [0.2, 0.25) is 5.02 Å². The van der Waals surface area contributed by atoms with Gasteiger partial charge in [-0.3, -0.25) is 4.79 Å². The summed E-state index contributed by atoms with van der Waals surface area (Å²) in [6.45, 7) is 2.17. The molecule has 0 amide bonds. The number of aryl methyl sites for hydroxylation is 1. The zero-order chi connectivity index (χ0) is 14.5. The van der Waals surface area contributed by atoms with Crippen LogP contribution in [0.5, 0.6) is 0 Å². The summed E-state index contributed by atoms with van der Waals surface area (Å²) in [5.41, 5.74) is 2.47. The zero-order valence-electron chi connectivity index (χ0n) is 11.3. The van der Waals surface area contributed by atoms with Crippen molar-refractivity contribution in [3.05, 3.63) is 68.7 Å². The highest BCUT2D eigenvalue weighted by Gasteiger charge is 2.13. The molecular formula is C17H16BrClO. The van der Waals surface area contributed by atoms with Crippen LogP contribution in [0.15, 0.2) is 46.9 Å². The first-order valence-corrected chi connectivity index (χ1v) is 7.87. The molecule has 0 spiro atoms. The molecule has 0 aliphatic carbocycles. The molecule has 20 heavy (non-hydrogen) atoms. The molecule has 2 rings (SSSR count). The fourth-order valence-electron chi connectivity index (χ4n) is 2.03. The molecule has 1 nitrogen and oxygen atoms in total. The fraction of sp³-hybridized carbons (Fsp3) is 0.235. The molecule has 0 aliphatic heterocycles. The lowest BCUT2D eigenvalue weighted by Gasteiger charge is -2.06. The van der Waals surface area contributed by atoms with E-state index in [0.29, 0.717) is 16.1 Å². The van der Waals surface area contributed by atoms with Crippen LogP contribution in [0.4, 0.5) is 0 Å². The van der Waals surface area contributed by atoms with Crippen LogP contribution in [0.3, 0.4) is 0 Å². The molecule has 0 radical (unpaired) electrons. The minimum absolute atomic E-state index is 0.0432. The first-order valence-electron chi connectivity index (χ1n) is 6.70. The normalized spacial score (nSPS) is 10.6. The summed E-state index contributed by atoms with van der Waals surface area (Å²) < 4.78 is 0.852. The van der Waals surface area contributed by atoms with E-state index in [1.54, 1.807) is 12.1 Å². The largest absolute Gasteiger partial charge is 0.289 e. The van der Waals surface area contributed by atoms with Crippen molar-refractivity contribution in [1.29, 1.82) is 0 Å². The molecule has 0 bridgehead atoms. The molecule has 0 N–H and O–H groups in total. The van der Waals surface area contributed by atoms with E-state index in [0.717, 1.165) is 10.9 Å². The second-order valence-electron chi connectivity index (χ2n) is 4.75. The van der Waals surface area contributed by atoms with Crippen molar-refractivity contribution in [3.63, 3.8) is 0 Å². The van der Waals surface area contributed by atoms with E-state index >= 15 is 0 Å². The Kier molecular flexibility index (Phi) is 5.38. The van der Waals surface area contributed by atoms with Crippen LogP contribution in [0, 0.1) is 0 Å². The van der Waals surface area contributed by atoms with E-state index in [-0.39, 0.29) is 5.78 Å². The Morgan fingerprint density at radius 3 is 2.50 bits per heavy atom. The van der Waals surface area contributed by atoms with Gasteiger partial charge in [-0.1, -0.05) is 65.1 Å². The van der Waals surface area contributed by atoms with Gasteiger partial charge in [-0.05, 0) is 36.6 Å². The van der Waals surface area contributed by atoms with Gasteiger partial charge >= 0.3 is 0 Å². The van der Waals surface area contributed by atoms with Crippen molar-refractivity contribution in [2.75, 3.05) is 0 Å². The van der Waals surface area contributed by atoms with Crippen LogP contribution >= 0.6 is 27.5 Å². The Morgan fingerprint density at radius 2 is 1.85 bits per heavy atom. The molecule has 0 atom stereocenters. The minimum atomic E-state index is -0.0432. The number of halogens is 2. The van der Waals surface area contributed by atoms with E-state index in [1.807, 2.05) is 30.3 Å². The summed E-state index contributed by atoms with van der Waals surface area (Å²) in [6.07, 6.45) is 3.40. The maximum absolute atomic E-state index is 12.4. The van der Waals surface area contributed by atoms with Crippen molar-refractivity contribution in [2.45, 2.75) is 26.2 Å². The molecule has 3 heteroatoms. The molecule has 0 saturated heterocycles. The summed E-state index contributed by atoms with van der Waals surface area (Å²) in [6, 6.07) is 13.1. The van der Waals surface area contributed by atoms with E-state index < -0.39 is 0 Å². The van der Waals surface area contributed by atoms with Gasteiger partial charge in [-0.2, -0.15) is 0 Å². The summed E-state index contributed by atoms with van der Waals surface area (Å²) in [5.74, 6) is -0.0432. The second kappa shape index (κ2) is 7.05. The number of carbonyl (C=O) groups excluding carboxylic acids is 1. The Labute approximate surface area is 133 Å². The Balaban J connectivity index is 2.22. The van der Waals surface area contributed by atoms with Crippen LogP contribution < -0.4 is 0 Å². The lowest BCUT2D eigenvalue weighted by molar-refractivity contribution is 0.103. The second-order valence-corrected chi connectivity index (χ2v) is 6.08. The highest BCUT2D eigenvalue weighted by atomic mass is 79.9. The van der Waals surface area contributed by atoms with Crippen molar-refractivity contribution in [1.82, 2.24) is 0 Å². The van der Waals surface area contributed by atoms with Crippen molar-refractivity contribution >= 4 is 33.3 Å². The number of unbranched alkanes of at least 4 members (excludes halogenated alkanes) is 1. The molecule has 0 fully saturated rings. The van der Waals surface area contributed by atoms with E-state index in [9.17, 15) is 4.79 Å². The van der Waals surface area contributed by atoms with Crippen LogP contribution in [0.25, 0.3) is 0 Å². The number of benzene rings is 2. The summed E-state index contributed by atoms with van der Waals surface area (Å²) in [4.78, 5) is 12.4. The lowest BCUT2D eigenvalue weighted by Crippen LogP contribution is -2.02. The third-order valence-corrected chi connectivity index (χ3v) is 4.03. The smallest absolute Gasteiger partial charge is 0.194 e. The summed E-state index contributed by atoms with van der Waals surface area (Å²) in [7, 11) is 0. The van der Waals surface area contributed by atoms with E-state index in [4.69, 9.17) is 11.6 Å². The monoisotopic (exact) mass is 350 g/mol. The molecule has 104 valence electrons. The number of carbonyl (C=O) groups is 1. The van der Waals surface area contributed by atoms with Crippen molar-refractivity contribution in [2.24, 2.45) is 0 Å². The average Bonchev–Trinajstić information content (AvgIpc) is 2.47. The van der Waals surface area contributed by atoms with Gasteiger partial charge in [-0.25, -0.2) is 0 Å². The van der Waals surface area contributed by atoms with Gasteiger partial charge in [0.15, 0.2) is 5.78 Å². The SMILES string of the molecule is CCCCc1ccc(C(=O)c2cc(Br)ccc2Cl)cc1.